The molecule has 9 nitrogen and oxygen atoms in total. The van der Waals surface area contributed by atoms with Crippen LogP contribution in [0.3, 0.4) is 0 Å². The van der Waals surface area contributed by atoms with Crippen molar-refractivity contribution in [2.45, 2.75) is 33.6 Å². The number of piperidine rings is 1. The average molecular weight is 506 g/mol. The Hall–Kier alpha value is -4.14. The van der Waals surface area contributed by atoms with Crippen LogP contribution in [0.1, 0.15) is 51.9 Å². The van der Waals surface area contributed by atoms with E-state index in [1.165, 1.54) is 12.1 Å². The topological polar surface area (TPSA) is 104 Å². The summed E-state index contributed by atoms with van der Waals surface area (Å²) in [5.41, 5.74) is 3.30. The molecule has 2 heterocycles. The SMILES string of the molecule is COc1ccc(-n2c(C)cc(C(=O)COC(=O)c3ccc(N4CCC[C@@H](C)C4)c([N+](=O)[O-])c3)c2C)cc1. The number of aryl methyl sites for hydroxylation is 1. The van der Waals surface area contributed by atoms with E-state index in [0.717, 1.165) is 48.8 Å². The van der Waals surface area contributed by atoms with Crippen LogP contribution in [0, 0.1) is 29.9 Å². The van der Waals surface area contributed by atoms with Gasteiger partial charge in [0.2, 0.25) is 5.78 Å². The summed E-state index contributed by atoms with van der Waals surface area (Å²) in [7, 11) is 1.60. The molecule has 0 unspecified atom stereocenters. The number of anilines is 1. The summed E-state index contributed by atoms with van der Waals surface area (Å²) in [6.45, 7) is 6.84. The maximum atomic E-state index is 12.9. The Kier molecular flexibility index (Phi) is 7.61. The minimum absolute atomic E-state index is 0.0389. The third-order valence-corrected chi connectivity index (χ3v) is 6.80. The summed E-state index contributed by atoms with van der Waals surface area (Å²) < 4.78 is 12.4. The second-order valence-corrected chi connectivity index (χ2v) is 9.47. The maximum Gasteiger partial charge on any atom is 0.338 e. The van der Waals surface area contributed by atoms with Crippen LogP contribution in [0.15, 0.2) is 48.5 Å². The highest BCUT2D eigenvalue weighted by molar-refractivity contribution is 6.00. The van der Waals surface area contributed by atoms with Gasteiger partial charge in [0.1, 0.15) is 11.4 Å². The second-order valence-electron chi connectivity index (χ2n) is 9.47. The molecule has 1 atom stereocenters. The Morgan fingerprint density at radius 2 is 1.84 bits per heavy atom. The molecular formula is C28H31N3O6. The van der Waals surface area contributed by atoms with Gasteiger partial charge in [0.15, 0.2) is 6.61 Å². The van der Waals surface area contributed by atoms with Crippen molar-refractivity contribution in [3.63, 3.8) is 0 Å². The number of Topliss-reactive ketones (excluding diaryl/α,β-unsaturated/α-hetero) is 1. The van der Waals surface area contributed by atoms with Crippen LogP contribution in [0.4, 0.5) is 11.4 Å². The normalized spacial score (nSPS) is 15.4. The van der Waals surface area contributed by atoms with Gasteiger partial charge in [-0.3, -0.25) is 14.9 Å². The van der Waals surface area contributed by atoms with E-state index in [2.05, 4.69) is 6.92 Å². The van der Waals surface area contributed by atoms with E-state index in [4.69, 9.17) is 9.47 Å². The van der Waals surface area contributed by atoms with E-state index in [0.29, 0.717) is 17.2 Å². The molecule has 0 saturated carbocycles. The predicted octanol–water partition coefficient (Wildman–Crippen LogP) is 5.29. The van der Waals surface area contributed by atoms with Crippen molar-refractivity contribution in [2.24, 2.45) is 5.92 Å². The van der Waals surface area contributed by atoms with Gasteiger partial charge < -0.3 is 18.9 Å². The third-order valence-electron chi connectivity index (χ3n) is 6.80. The minimum atomic E-state index is -0.779. The fraction of sp³-hybridized carbons (Fsp3) is 0.357. The summed E-state index contributed by atoms with van der Waals surface area (Å²) in [6.07, 6.45) is 2.05. The zero-order valence-electron chi connectivity index (χ0n) is 21.5. The van der Waals surface area contributed by atoms with Crippen molar-refractivity contribution < 1.29 is 24.0 Å². The standard InChI is InChI=1S/C28H31N3O6/c1-18-6-5-13-29(16-18)25-12-7-21(15-26(25)31(34)35)28(33)37-17-27(32)24-14-19(2)30(20(24)3)22-8-10-23(36-4)11-9-22/h7-12,14-15,18H,5-6,13,16-17H2,1-4H3/t18-/m1/s1. The number of carbonyl (C=O) groups excluding carboxylic acids is 2. The zero-order chi connectivity index (χ0) is 26.7. The van der Waals surface area contributed by atoms with Gasteiger partial charge in [-0.1, -0.05) is 6.92 Å². The van der Waals surface area contributed by atoms with Gasteiger partial charge >= 0.3 is 5.97 Å². The first-order chi connectivity index (χ1) is 17.7. The summed E-state index contributed by atoms with van der Waals surface area (Å²) in [4.78, 5) is 38.9. The van der Waals surface area contributed by atoms with Crippen LogP contribution in [0.2, 0.25) is 0 Å². The molecule has 2 aromatic carbocycles. The number of carbonyl (C=O) groups is 2. The first-order valence-electron chi connectivity index (χ1n) is 12.3. The van der Waals surface area contributed by atoms with E-state index < -0.39 is 17.5 Å². The number of hydrogen-bond donors (Lipinski definition) is 0. The molecule has 9 heteroatoms. The number of nitrogens with zero attached hydrogens (tertiary/aromatic N) is 3. The summed E-state index contributed by atoms with van der Waals surface area (Å²) in [5.74, 6) is 0.0393. The highest BCUT2D eigenvalue weighted by Crippen LogP contribution is 2.32. The molecule has 0 bridgehead atoms. The monoisotopic (exact) mass is 505 g/mol. The molecule has 0 spiro atoms. The number of rotatable bonds is 8. The number of ether oxygens (including phenoxy) is 2. The Morgan fingerprint density at radius 3 is 2.49 bits per heavy atom. The number of aromatic nitrogens is 1. The molecule has 1 fully saturated rings. The van der Waals surface area contributed by atoms with E-state index >= 15 is 0 Å². The fourth-order valence-electron chi connectivity index (χ4n) is 4.94. The highest BCUT2D eigenvalue weighted by atomic mass is 16.6. The molecule has 37 heavy (non-hydrogen) atoms. The average Bonchev–Trinajstić information content (AvgIpc) is 3.20. The number of nitro groups is 1. The molecule has 1 aliphatic heterocycles. The minimum Gasteiger partial charge on any atom is -0.497 e. The lowest BCUT2D eigenvalue weighted by Gasteiger charge is -2.32. The number of benzene rings is 2. The van der Waals surface area contributed by atoms with Gasteiger partial charge in [-0.2, -0.15) is 0 Å². The molecule has 0 radical (unpaired) electrons. The van der Waals surface area contributed by atoms with E-state index in [-0.39, 0.29) is 17.0 Å². The molecular weight excluding hydrogens is 474 g/mol. The molecule has 1 saturated heterocycles. The molecule has 0 N–H and O–H groups in total. The number of nitro benzene ring substituents is 1. The molecule has 1 aliphatic rings. The number of esters is 1. The number of hydrogen-bond acceptors (Lipinski definition) is 7. The van der Waals surface area contributed by atoms with Gasteiger partial charge in [-0.15, -0.1) is 0 Å². The smallest absolute Gasteiger partial charge is 0.338 e. The van der Waals surface area contributed by atoms with E-state index in [9.17, 15) is 19.7 Å². The first-order valence-corrected chi connectivity index (χ1v) is 12.3. The van der Waals surface area contributed by atoms with Crippen molar-refractivity contribution in [3.8, 4) is 11.4 Å². The quantitative estimate of drug-likeness (QED) is 0.177. The predicted molar refractivity (Wildman–Crippen MR) is 140 cm³/mol. The number of ketones is 1. The van der Waals surface area contributed by atoms with E-state index in [1.54, 1.807) is 19.2 Å². The largest absolute Gasteiger partial charge is 0.497 e. The summed E-state index contributed by atoms with van der Waals surface area (Å²) >= 11 is 0. The lowest BCUT2D eigenvalue weighted by atomic mass is 9.99. The van der Waals surface area contributed by atoms with Crippen LogP contribution < -0.4 is 9.64 Å². The van der Waals surface area contributed by atoms with Crippen LogP contribution in [0.5, 0.6) is 5.75 Å². The first kappa shape index (κ1) is 25.9. The van der Waals surface area contributed by atoms with Gasteiger partial charge in [-0.25, -0.2) is 4.79 Å². The van der Waals surface area contributed by atoms with Crippen molar-refractivity contribution >= 4 is 23.1 Å². The van der Waals surface area contributed by atoms with Gasteiger partial charge in [0, 0.05) is 41.8 Å². The maximum absolute atomic E-state index is 12.9. The summed E-state index contributed by atoms with van der Waals surface area (Å²) in [6, 6.07) is 13.6. The van der Waals surface area contributed by atoms with E-state index in [1.807, 2.05) is 47.6 Å². The molecule has 194 valence electrons. The van der Waals surface area contributed by atoms with Crippen LogP contribution in [0.25, 0.3) is 5.69 Å². The van der Waals surface area contributed by atoms with Crippen molar-refractivity contribution in [1.82, 2.24) is 4.57 Å². The van der Waals surface area contributed by atoms with Crippen LogP contribution >= 0.6 is 0 Å². The Bertz CT molecular complexity index is 1330. The molecule has 0 amide bonds. The van der Waals surface area contributed by atoms with Crippen LogP contribution in [-0.2, 0) is 4.74 Å². The lowest BCUT2D eigenvalue weighted by Crippen LogP contribution is -2.34. The van der Waals surface area contributed by atoms with Crippen molar-refractivity contribution in [2.75, 3.05) is 31.7 Å². The molecule has 4 rings (SSSR count). The second kappa shape index (κ2) is 10.9. The Balaban J connectivity index is 1.48. The van der Waals surface area contributed by atoms with Gasteiger partial charge in [0.25, 0.3) is 5.69 Å². The highest BCUT2D eigenvalue weighted by Gasteiger charge is 2.26. The van der Waals surface area contributed by atoms with Gasteiger partial charge in [0.05, 0.1) is 17.6 Å². The van der Waals surface area contributed by atoms with Crippen LogP contribution in [-0.4, -0.2) is 48.0 Å². The fourth-order valence-corrected chi connectivity index (χ4v) is 4.94. The van der Waals surface area contributed by atoms with Gasteiger partial charge in [-0.05, 0) is 75.1 Å². The van der Waals surface area contributed by atoms with Crippen molar-refractivity contribution in [1.29, 1.82) is 0 Å². The molecule has 1 aromatic heterocycles. The summed E-state index contributed by atoms with van der Waals surface area (Å²) in [5, 5.41) is 11.8. The molecule has 0 aliphatic carbocycles. The molecule has 3 aromatic rings. The Morgan fingerprint density at radius 1 is 1.11 bits per heavy atom. The number of methoxy groups -OCH3 is 1. The third kappa shape index (κ3) is 5.50. The zero-order valence-corrected chi connectivity index (χ0v) is 21.5. The van der Waals surface area contributed by atoms with Crippen molar-refractivity contribution in [3.05, 3.63) is 81.2 Å². The lowest BCUT2D eigenvalue weighted by molar-refractivity contribution is -0.384. The Labute approximate surface area is 215 Å².